The molecule has 1 atom stereocenters. The fourth-order valence-electron chi connectivity index (χ4n) is 1.71. The van der Waals surface area contributed by atoms with Crippen molar-refractivity contribution >= 4 is 5.95 Å². The Balaban J connectivity index is 2.57. The maximum atomic E-state index is 5.53. The van der Waals surface area contributed by atoms with Crippen LogP contribution in [0.1, 0.15) is 19.5 Å². The summed E-state index contributed by atoms with van der Waals surface area (Å²) in [6.07, 6.45) is 2.22. The van der Waals surface area contributed by atoms with Crippen molar-refractivity contribution in [3.8, 4) is 0 Å². The fraction of sp³-hybridized carbons (Fsp3) is 0.750. The van der Waals surface area contributed by atoms with Gasteiger partial charge in [-0.1, -0.05) is 0 Å². The van der Waals surface area contributed by atoms with Gasteiger partial charge in [-0.15, -0.1) is 0 Å². The van der Waals surface area contributed by atoms with Crippen LogP contribution in [0.25, 0.3) is 0 Å². The first-order valence-corrected chi connectivity index (χ1v) is 6.05. The first-order chi connectivity index (χ1) is 8.17. The van der Waals surface area contributed by atoms with E-state index in [-0.39, 0.29) is 6.10 Å². The van der Waals surface area contributed by atoms with Crippen molar-refractivity contribution in [3.63, 3.8) is 0 Å². The molecule has 0 radical (unpaired) electrons. The lowest BCUT2D eigenvalue weighted by atomic mass is 10.4. The summed E-state index contributed by atoms with van der Waals surface area (Å²) in [7, 11) is 1.69. The predicted molar refractivity (Wildman–Crippen MR) is 68.4 cm³/mol. The Morgan fingerprint density at radius 3 is 2.94 bits per heavy atom. The van der Waals surface area contributed by atoms with Gasteiger partial charge in [0.05, 0.1) is 24.9 Å². The van der Waals surface area contributed by atoms with Crippen LogP contribution < -0.4 is 5.32 Å². The van der Waals surface area contributed by atoms with Crippen LogP contribution in [0.4, 0.5) is 5.95 Å². The van der Waals surface area contributed by atoms with E-state index in [9.17, 15) is 0 Å². The highest BCUT2D eigenvalue weighted by atomic mass is 16.5. The number of anilines is 1. The Labute approximate surface area is 103 Å². The molecule has 0 spiro atoms. The quantitative estimate of drug-likeness (QED) is 0.703. The summed E-state index contributed by atoms with van der Waals surface area (Å²) in [4.78, 5) is 4.44. The molecule has 0 aliphatic carbocycles. The Morgan fingerprint density at radius 2 is 2.29 bits per heavy atom. The van der Waals surface area contributed by atoms with Crippen LogP contribution in [0.15, 0.2) is 6.20 Å². The molecule has 0 bridgehead atoms. The molecule has 0 amide bonds. The van der Waals surface area contributed by atoms with Crippen LogP contribution in [0, 0.1) is 6.92 Å². The van der Waals surface area contributed by atoms with Gasteiger partial charge in [-0.3, -0.25) is 0 Å². The SMILES string of the molecule is CCOC(C)Cn1cc(C)nc1NCCOC. The fourth-order valence-corrected chi connectivity index (χ4v) is 1.71. The monoisotopic (exact) mass is 241 g/mol. The molecule has 1 N–H and O–H groups in total. The zero-order valence-corrected chi connectivity index (χ0v) is 11.2. The number of rotatable bonds is 8. The molecular weight excluding hydrogens is 218 g/mol. The Kier molecular flexibility index (Phi) is 6.00. The third-order valence-corrected chi connectivity index (χ3v) is 2.39. The van der Waals surface area contributed by atoms with Crippen molar-refractivity contribution in [2.75, 3.05) is 32.2 Å². The van der Waals surface area contributed by atoms with E-state index >= 15 is 0 Å². The standard InChI is InChI=1S/C12H23N3O2/c1-5-17-11(3)9-15-8-10(2)14-12(15)13-6-7-16-4/h8,11H,5-7,9H2,1-4H3,(H,13,14). The average Bonchev–Trinajstić information content (AvgIpc) is 2.60. The van der Waals surface area contributed by atoms with Crippen LogP contribution in [0.3, 0.4) is 0 Å². The lowest BCUT2D eigenvalue weighted by Gasteiger charge is -2.14. The molecule has 1 unspecified atom stereocenters. The number of aromatic nitrogens is 2. The van der Waals surface area contributed by atoms with E-state index in [0.29, 0.717) is 6.61 Å². The van der Waals surface area contributed by atoms with Crippen LogP contribution in [-0.4, -0.2) is 42.5 Å². The molecule has 0 aliphatic heterocycles. The van der Waals surface area contributed by atoms with Gasteiger partial charge in [0.2, 0.25) is 5.95 Å². The normalized spacial score (nSPS) is 12.7. The summed E-state index contributed by atoms with van der Waals surface area (Å²) in [6, 6.07) is 0. The first kappa shape index (κ1) is 14.0. The number of hydrogen-bond donors (Lipinski definition) is 1. The Morgan fingerprint density at radius 1 is 1.53 bits per heavy atom. The van der Waals surface area contributed by atoms with Gasteiger partial charge in [0.1, 0.15) is 0 Å². The molecule has 98 valence electrons. The molecule has 0 fully saturated rings. The molecule has 1 rings (SSSR count). The number of nitrogens with zero attached hydrogens (tertiary/aromatic N) is 2. The zero-order valence-electron chi connectivity index (χ0n) is 11.2. The smallest absolute Gasteiger partial charge is 0.203 e. The zero-order chi connectivity index (χ0) is 12.7. The van der Waals surface area contributed by atoms with Crippen LogP contribution >= 0.6 is 0 Å². The summed E-state index contributed by atoms with van der Waals surface area (Å²) in [5.74, 6) is 0.881. The highest BCUT2D eigenvalue weighted by Crippen LogP contribution is 2.10. The second-order valence-corrected chi connectivity index (χ2v) is 4.04. The molecule has 0 aromatic carbocycles. The molecule has 5 nitrogen and oxygen atoms in total. The summed E-state index contributed by atoms with van der Waals surface area (Å²) in [5, 5.41) is 3.25. The highest BCUT2D eigenvalue weighted by molar-refractivity contribution is 5.28. The topological polar surface area (TPSA) is 48.3 Å². The highest BCUT2D eigenvalue weighted by Gasteiger charge is 2.08. The van der Waals surface area contributed by atoms with E-state index in [2.05, 4.69) is 21.8 Å². The van der Waals surface area contributed by atoms with Crippen molar-refractivity contribution in [3.05, 3.63) is 11.9 Å². The van der Waals surface area contributed by atoms with Gasteiger partial charge in [-0.05, 0) is 20.8 Å². The summed E-state index contributed by atoms with van der Waals surface area (Å²) < 4.78 is 12.6. The van der Waals surface area contributed by atoms with Crippen molar-refractivity contribution in [1.29, 1.82) is 0 Å². The van der Waals surface area contributed by atoms with Gasteiger partial charge in [0, 0.05) is 26.5 Å². The lowest BCUT2D eigenvalue weighted by Crippen LogP contribution is -2.19. The Bertz CT molecular complexity index is 326. The average molecular weight is 241 g/mol. The molecular formula is C12H23N3O2. The van der Waals surface area contributed by atoms with Gasteiger partial charge in [-0.25, -0.2) is 4.98 Å². The number of methoxy groups -OCH3 is 1. The number of nitrogens with one attached hydrogen (secondary N) is 1. The number of hydrogen-bond acceptors (Lipinski definition) is 4. The summed E-state index contributed by atoms with van der Waals surface area (Å²) in [6.45, 7) is 9.04. The van der Waals surface area contributed by atoms with Gasteiger partial charge in [0.15, 0.2) is 0 Å². The van der Waals surface area contributed by atoms with Gasteiger partial charge in [0.25, 0.3) is 0 Å². The van der Waals surface area contributed by atoms with Crippen molar-refractivity contribution in [1.82, 2.24) is 9.55 Å². The van der Waals surface area contributed by atoms with Crippen LogP contribution in [-0.2, 0) is 16.0 Å². The largest absolute Gasteiger partial charge is 0.383 e. The number of aryl methyl sites for hydroxylation is 1. The molecule has 17 heavy (non-hydrogen) atoms. The second kappa shape index (κ2) is 7.29. The summed E-state index contributed by atoms with van der Waals surface area (Å²) in [5.41, 5.74) is 1.01. The van der Waals surface area contributed by atoms with E-state index in [4.69, 9.17) is 9.47 Å². The minimum absolute atomic E-state index is 0.191. The Hall–Kier alpha value is -1.07. The van der Waals surface area contributed by atoms with E-state index in [1.54, 1.807) is 7.11 Å². The molecule has 1 heterocycles. The lowest BCUT2D eigenvalue weighted by molar-refractivity contribution is 0.0644. The predicted octanol–water partition coefficient (Wildman–Crippen LogP) is 1.67. The molecule has 1 aromatic heterocycles. The first-order valence-electron chi connectivity index (χ1n) is 6.05. The number of imidazole rings is 1. The van der Waals surface area contributed by atoms with Gasteiger partial charge in [-0.2, -0.15) is 0 Å². The maximum absolute atomic E-state index is 5.53. The summed E-state index contributed by atoms with van der Waals surface area (Å²) >= 11 is 0. The molecule has 1 aromatic rings. The van der Waals surface area contributed by atoms with Gasteiger partial charge < -0.3 is 19.4 Å². The van der Waals surface area contributed by atoms with Crippen LogP contribution in [0.2, 0.25) is 0 Å². The molecule has 0 aliphatic rings. The van der Waals surface area contributed by atoms with Gasteiger partial charge >= 0.3 is 0 Å². The van der Waals surface area contributed by atoms with E-state index in [1.165, 1.54) is 0 Å². The third kappa shape index (κ3) is 4.75. The number of ether oxygens (including phenoxy) is 2. The minimum atomic E-state index is 0.191. The second-order valence-electron chi connectivity index (χ2n) is 4.04. The molecule has 5 heteroatoms. The van der Waals surface area contributed by atoms with E-state index in [0.717, 1.165) is 31.3 Å². The third-order valence-electron chi connectivity index (χ3n) is 2.39. The maximum Gasteiger partial charge on any atom is 0.203 e. The minimum Gasteiger partial charge on any atom is -0.383 e. The van der Waals surface area contributed by atoms with Crippen molar-refractivity contribution < 1.29 is 9.47 Å². The van der Waals surface area contributed by atoms with Crippen molar-refractivity contribution in [2.45, 2.75) is 33.4 Å². The van der Waals surface area contributed by atoms with Crippen molar-refractivity contribution in [2.24, 2.45) is 0 Å². The van der Waals surface area contributed by atoms with E-state index in [1.807, 2.05) is 20.0 Å². The molecule has 0 saturated carbocycles. The molecule has 0 saturated heterocycles. The van der Waals surface area contributed by atoms with Crippen LogP contribution in [0.5, 0.6) is 0 Å². The van der Waals surface area contributed by atoms with E-state index < -0.39 is 0 Å².